The third-order valence-electron chi connectivity index (χ3n) is 3.55. The maximum Gasteiger partial charge on any atom is 0.259 e. The Balaban J connectivity index is 1.57. The molecule has 2 aliphatic rings. The van der Waals surface area contributed by atoms with Crippen molar-refractivity contribution in [2.75, 3.05) is 13.1 Å². The fraction of sp³-hybridized carbons (Fsp3) is 0.750. The highest BCUT2D eigenvalue weighted by atomic mass is 19.1. The second-order valence-electron chi connectivity index (χ2n) is 5.40. The molecule has 1 aromatic rings. The van der Waals surface area contributed by atoms with Crippen molar-refractivity contribution in [3.63, 3.8) is 0 Å². The van der Waals surface area contributed by atoms with Gasteiger partial charge in [0, 0.05) is 32.5 Å². The summed E-state index contributed by atoms with van der Waals surface area (Å²) in [6.07, 6.45) is 2.16. The maximum absolute atomic E-state index is 14.5. The first kappa shape index (κ1) is 12.5. The van der Waals surface area contributed by atoms with Gasteiger partial charge in [-0.05, 0) is 12.8 Å². The molecule has 2 fully saturated rings. The zero-order valence-electron chi connectivity index (χ0n) is 10.9. The Morgan fingerprint density at radius 1 is 1.63 bits per heavy atom. The standard InChI is InChI=1S/C12H17FN4O2/c1-8-14-10(16-19-8)6-17-5-4-12(13,7-17)11(18)15-9-2-3-9/h9H,2-7H2,1H3,(H,15,18). The molecule has 0 aromatic carbocycles. The van der Waals surface area contributed by atoms with E-state index >= 15 is 0 Å². The number of aryl methyl sites for hydroxylation is 1. The van der Waals surface area contributed by atoms with E-state index in [4.69, 9.17) is 4.52 Å². The van der Waals surface area contributed by atoms with E-state index in [0.717, 1.165) is 12.8 Å². The molecule has 0 radical (unpaired) electrons. The number of hydrogen-bond donors (Lipinski definition) is 1. The summed E-state index contributed by atoms with van der Waals surface area (Å²) in [5, 5.41) is 6.51. The largest absolute Gasteiger partial charge is 0.351 e. The smallest absolute Gasteiger partial charge is 0.259 e. The van der Waals surface area contributed by atoms with E-state index in [-0.39, 0.29) is 19.0 Å². The van der Waals surface area contributed by atoms with E-state index < -0.39 is 11.6 Å². The molecule has 2 heterocycles. The SMILES string of the molecule is Cc1nc(CN2CCC(F)(C(=O)NC3CC3)C2)no1. The molecular weight excluding hydrogens is 251 g/mol. The van der Waals surface area contributed by atoms with Crippen molar-refractivity contribution in [1.29, 1.82) is 0 Å². The molecule has 19 heavy (non-hydrogen) atoms. The van der Waals surface area contributed by atoms with E-state index in [1.807, 2.05) is 4.90 Å². The van der Waals surface area contributed by atoms with Crippen molar-refractivity contribution < 1.29 is 13.7 Å². The molecule has 1 aliphatic heterocycles. The molecule has 7 heteroatoms. The highest BCUT2D eigenvalue weighted by Gasteiger charge is 2.46. The molecule has 3 rings (SSSR count). The summed E-state index contributed by atoms with van der Waals surface area (Å²) in [7, 11) is 0. The van der Waals surface area contributed by atoms with Crippen LogP contribution in [0.15, 0.2) is 4.52 Å². The van der Waals surface area contributed by atoms with Gasteiger partial charge in [0.05, 0.1) is 6.54 Å². The first-order valence-corrected chi connectivity index (χ1v) is 6.57. The second kappa shape index (κ2) is 4.56. The van der Waals surface area contributed by atoms with Crippen LogP contribution in [-0.2, 0) is 11.3 Å². The Morgan fingerprint density at radius 3 is 3.05 bits per heavy atom. The zero-order valence-corrected chi connectivity index (χ0v) is 10.9. The number of rotatable bonds is 4. The number of nitrogens with one attached hydrogen (secondary N) is 1. The van der Waals surface area contributed by atoms with E-state index in [1.165, 1.54) is 0 Å². The fourth-order valence-corrected chi connectivity index (χ4v) is 2.32. The molecule has 1 aromatic heterocycles. The van der Waals surface area contributed by atoms with Gasteiger partial charge in [0.25, 0.3) is 5.91 Å². The lowest BCUT2D eigenvalue weighted by atomic mass is 10.1. The van der Waals surface area contributed by atoms with Crippen LogP contribution in [0.5, 0.6) is 0 Å². The predicted octanol–water partition coefficient (Wildman–Crippen LogP) is 0.571. The average molecular weight is 268 g/mol. The highest BCUT2D eigenvalue weighted by molar-refractivity contribution is 5.86. The minimum absolute atomic E-state index is 0.0964. The van der Waals surface area contributed by atoms with Crippen molar-refractivity contribution in [3.05, 3.63) is 11.7 Å². The van der Waals surface area contributed by atoms with Gasteiger partial charge in [0.2, 0.25) is 11.6 Å². The predicted molar refractivity (Wildman–Crippen MR) is 63.9 cm³/mol. The topological polar surface area (TPSA) is 71.3 Å². The van der Waals surface area contributed by atoms with Crippen LogP contribution in [0.3, 0.4) is 0 Å². The van der Waals surface area contributed by atoms with Crippen molar-refractivity contribution in [1.82, 2.24) is 20.4 Å². The summed E-state index contributed by atoms with van der Waals surface area (Å²) in [5.74, 6) is 0.554. The van der Waals surface area contributed by atoms with Gasteiger partial charge in [0.15, 0.2) is 5.82 Å². The van der Waals surface area contributed by atoms with Crippen LogP contribution in [0.25, 0.3) is 0 Å². The van der Waals surface area contributed by atoms with E-state index in [9.17, 15) is 9.18 Å². The van der Waals surface area contributed by atoms with Gasteiger partial charge in [-0.1, -0.05) is 5.16 Å². The molecule has 1 atom stereocenters. The normalized spacial score (nSPS) is 27.7. The third kappa shape index (κ3) is 2.75. The maximum atomic E-state index is 14.5. The van der Waals surface area contributed by atoms with Gasteiger partial charge in [0.1, 0.15) is 0 Å². The Kier molecular flexibility index (Phi) is 3.00. The quantitative estimate of drug-likeness (QED) is 0.864. The molecule has 6 nitrogen and oxygen atoms in total. The minimum Gasteiger partial charge on any atom is -0.351 e. The average Bonchev–Trinajstić information content (AvgIpc) is 2.96. The van der Waals surface area contributed by atoms with Crippen LogP contribution in [0.1, 0.15) is 31.0 Å². The van der Waals surface area contributed by atoms with Crippen molar-refractivity contribution in [2.24, 2.45) is 0 Å². The summed E-state index contributed by atoms with van der Waals surface area (Å²) in [5.41, 5.74) is -1.78. The summed E-state index contributed by atoms with van der Waals surface area (Å²) in [6.45, 7) is 2.75. The first-order valence-electron chi connectivity index (χ1n) is 6.57. The molecule has 1 unspecified atom stereocenters. The van der Waals surface area contributed by atoms with Crippen LogP contribution in [0, 0.1) is 6.92 Å². The number of carbonyl (C=O) groups excluding carboxylic acids is 1. The van der Waals surface area contributed by atoms with E-state index in [0.29, 0.717) is 24.8 Å². The van der Waals surface area contributed by atoms with Gasteiger partial charge < -0.3 is 9.84 Å². The Labute approximate surface area is 110 Å². The van der Waals surface area contributed by atoms with Crippen LogP contribution >= 0.6 is 0 Å². The monoisotopic (exact) mass is 268 g/mol. The van der Waals surface area contributed by atoms with Gasteiger partial charge in [-0.3, -0.25) is 9.69 Å². The van der Waals surface area contributed by atoms with E-state index in [2.05, 4.69) is 15.5 Å². The van der Waals surface area contributed by atoms with Crippen LogP contribution in [-0.4, -0.2) is 45.7 Å². The Hall–Kier alpha value is -1.50. The molecule has 1 amide bonds. The zero-order chi connectivity index (χ0) is 13.5. The van der Waals surface area contributed by atoms with Crippen LogP contribution in [0.2, 0.25) is 0 Å². The molecule has 104 valence electrons. The highest BCUT2D eigenvalue weighted by Crippen LogP contribution is 2.29. The van der Waals surface area contributed by atoms with Crippen molar-refractivity contribution in [2.45, 2.75) is 44.4 Å². The van der Waals surface area contributed by atoms with Gasteiger partial charge in [-0.15, -0.1) is 0 Å². The summed E-state index contributed by atoms with van der Waals surface area (Å²) < 4.78 is 19.4. The number of alkyl halides is 1. The summed E-state index contributed by atoms with van der Waals surface area (Å²) in [6, 6.07) is 0.189. The number of nitrogens with zero attached hydrogens (tertiary/aromatic N) is 3. The molecule has 1 N–H and O–H groups in total. The number of halogens is 1. The number of amides is 1. The molecule has 0 spiro atoms. The lowest BCUT2D eigenvalue weighted by Crippen LogP contribution is -2.46. The summed E-state index contributed by atoms with van der Waals surface area (Å²) >= 11 is 0. The number of aromatic nitrogens is 2. The van der Waals surface area contributed by atoms with E-state index in [1.54, 1.807) is 6.92 Å². The van der Waals surface area contributed by atoms with Crippen LogP contribution in [0.4, 0.5) is 4.39 Å². The molecule has 1 aliphatic carbocycles. The number of hydrogen-bond acceptors (Lipinski definition) is 5. The fourth-order valence-electron chi connectivity index (χ4n) is 2.32. The van der Waals surface area contributed by atoms with Crippen molar-refractivity contribution in [3.8, 4) is 0 Å². The van der Waals surface area contributed by atoms with Gasteiger partial charge in [-0.25, -0.2) is 4.39 Å². The van der Waals surface area contributed by atoms with Crippen molar-refractivity contribution >= 4 is 5.91 Å². The Bertz CT molecular complexity index is 488. The van der Waals surface area contributed by atoms with Crippen LogP contribution < -0.4 is 5.32 Å². The Morgan fingerprint density at radius 2 is 2.42 bits per heavy atom. The van der Waals surface area contributed by atoms with Gasteiger partial charge in [-0.2, -0.15) is 4.98 Å². The molecular formula is C12H17FN4O2. The summed E-state index contributed by atoms with van der Waals surface area (Å²) in [4.78, 5) is 17.8. The molecule has 1 saturated heterocycles. The number of likely N-dealkylation sites (tertiary alicyclic amines) is 1. The second-order valence-corrected chi connectivity index (χ2v) is 5.40. The molecule has 1 saturated carbocycles. The lowest BCUT2D eigenvalue weighted by Gasteiger charge is -2.19. The first-order chi connectivity index (χ1) is 9.05. The lowest BCUT2D eigenvalue weighted by molar-refractivity contribution is -0.132. The molecule has 0 bridgehead atoms. The minimum atomic E-state index is -1.78. The van der Waals surface area contributed by atoms with Gasteiger partial charge >= 0.3 is 0 Å². The third-order valence-corrected chi connectivity index (χ3v) is 3.55. The number of carbonyl (C=O) groups is 1.